The summed E-state index contributed by atoms with van der Waals surface area (Å²) < 4.78 is 64.8. The average Bonchev–Trinajstić information content (AvgIpc) is 3.52. The zero-order chi connectivity index (χ0) is 40.9. The quantitative estimate of drug-likeness (QED) is 0.103. The number of benzene rings is 6. The second kappa shape index (κ2) is 17.7. The van der Waals surface area contributed by atoms with Gasteiger partial charge in [0, 0.05) is 39.6 Å². The molecule has 12 heteroatoms. The van der Waals surface area contributed by atoms with Gasteiger partial charge in [-0.3, -0.25) is 0 Å². The number of rotatable bonds is 15. The van der Waals surface area contributed by atoms with E-state index in [1.165, 1.54) is 7.11 Å². The van der Waals surface area contributed by atoms with Crippen molar-refractivity contribution in [1.29, 1.82) is 0 Å². The first kappa shape index (κ1) is 40.9. The van der Waals surface area contributed by atoms with E-state index < -0.39 is 25.8 Å². The van der Waals surface area contributed by atoms with Crippen LogP contribution in [0.1, 0.15) is 44.3 Å². The van der Waals surface area contributed by atoms with Crippen molar-refractivity contribution in [3.63, 3.8) is 0 Å². The molecule has 0 atom stereocenters. The fourth-order valence-corrected chi connectivity index (χ4v) is 10.3. The Balaban J connectivity index is 1.27. The second-order valence-electron chi connectivity index (χ2n) is 13.8. The number of methoxy groups -OCH3 is 1. The van der Waals surface area contributed by atoms with Crippen molar-refractivity contribution in [3.05, 3.63) is 195 Å². The van der Waals surface area contributed by atoms with Crippen LogP contribution < -0.4 is 4.72 Å². The van der Waals surface area contributed by atoms with Crippen LogP contribution in [0.5, 0.6) is 0 Å². The molecule has 0 bridgehead atoms. The number of nitrogens with zero attached hydrogens (tertiary/aromatic N) is 1. The zero-order valence-corrected chi connectivity index (χ0v) is 34.7. The van der Waals surface area contributed by atoms with Gasteiger partial charge in [0.15, 0.2) is 9.84 Å². The normalized spacial score (nSPS) is 11.9. The Morgan fingerprint density at radius 1 is 0.707 bits per heavy atom. The topological polar surface area (TPSA) is 112 Å². The van der Waals surface area contributed by atoms with Crippen molar-refractivity contribution in [1.82, 2.24) is 9.29 Å². The number of aryl methyl sites for hydroxylation is 1. The fourth-order valence-electron chi connectivity index (χ4n) is 7.36. The van der Waals surface area contributed by atoms with Crippen LogP contribution in [0.2, 0.25) is 10.0 Å². The summed E-state index contributed by atoms with van der Waals surface area (Å²) in [6.45, 7) is 0.0472. The van der Waals surface area contributed by atoms with E-state index in [9.17, 15) is 21.6 Å². The highest BCUT2D eigenvalue weighted by atomic mass is 35.5. The minimum absolute atomic E-state index is 0.0472. The Kier molecular flexibility index (Phi) is 12.5. The predicted octanol–water partition coefficient (Wildman–Crippen LogP) is 9.72. The van der Waals surface area contributed by atoms with E-state index >= 15 is 0 Å². The van der Waals surface area contributed by atoms with Gasteiger partial charge in [-0.25, -0.2) is 26.4 Å². The number of ether oxygens (including phenoxy) is 1. The highest BCUT2D eigenvalue weighted by molar-refractivity contribution is 7.91. The second-order valence-corrected chi connectivity index (χ2v) is 18.6. The molecule has 58 heavy (non-hydrogen) atoms. The molecule has 0 fully saturated rings. The van der Waals surface area contributed by atoms with Crippen LogP contribution in [0.3, 0.4) is 0 Å². The maximum Gasteiger partial charge on any atom is 0.337 e. The standard InChI is InChI=1S/C46H40Cl2N2O6S2/c1-56-46(51)36-17-10-16-35(29-36)32-19-22-39(23-20-32)57(52,53)28-26-40-41-30-38(47)21-24-43(41)50(45(33-11-4-2-5-12-33)34-13-6-3-7-14-34)44(40)25-27-49-58(54,55)31-37-15-8-9-18-42(37)48/h2-24,29-30,45,49H,25-28,31H2,1H3. The lowest BCUT2D eigenvalue weighted by atomic mass is 9.97. The molecule has 0 saturated carbocycles. The molecule has 0 aliphatic rings. The number of carbonyl (C=O) groups excluding carboxylic acids is 1. The molecular formula is C46H40Cl2N2O6S2. The van der Waals surface area contributed by atoms with Gasteiger partial charge in [-0.1, -0.05) is 126 Å². The van der Waals surface area contributed by atoms with Gasteiger partial charge >= 0.3 is 5.97 Å². The molecule has 0 spiro atoms. The number of hydrogen-bond acceptors (Lipinski definition) is 6. The smallest absolute Gasteiger partial charge is 0.337 e. The molecule has 7 rings (SSSR count). The molecule has 7 aromatic rings. The van der Waals surface area contributed by atoms with Gasteiger partial charge in [-0.2, -0.15) is 0 Å². The third kappa shape index (κ3) is 9.22. The Hall–Kier alpha value is -5.23. The Morgan fingerprint density at radius 3 is 2.02 bits per heavy atom. The Morgan fingerprint density at radius 2 is 1.36 bits per heavy atom. The van der Waals surface area contributed by atoms with Crippen molar-refractivity contribution < 1.29 is 26.4 Å². The summed E-state index contributed by atoms with van der Waals surface area (Å²) in [6, 6.07) is 45.7. The van der Waals surface area contributed by atoms with Gasteiger partial charge in [-0.15, -0.1) is 0 Å². The highest BCUT2D eigenvalue weighted by Crippen LogP contribution is 2.38. The minimum atomic E-state index is -3.82. The maximum absolute atomic E-state index is 14.1. The lowest BCUT2D eigenvalue weighted by molar-refractivity contribution is 0.0600. The minimum Gasteiger partial charge on any atom is -0.465 e. The van der Waals surface area contributed by atoms with Crippen molar-refractivity contribution in [2.45, 2.75) is 29.5 Å². The van der Waals surface area contributed by atoms with E-state index in [0.29, 0.717) is 21.2 Å². The van der Waals surface area contributed by atoms with Gasteiger partial charge in [0.2, 0.25) is 10.0 Å². The Labute approximate surface area is 349 Å². The summed E-state index contributed by atoms with van der Waals surface area (Å²) in [4.78, 5) is 12.3. The third-order valence-corrected chi connectivity index (χ3v) is 13.8. The van der Waals surface area contributed by atoms with Gasteiger partial charge in [0.05, 0.1) is 35.1 Å². The largest absolute Gasteiger partial charge is 0.465 e. The van der Waals surface area contributed by atoms with Gasteiger partial charge in [0.1, 0.15) is 0 Å². The number of fused-ring (bicyclic) bond motifs is 1. The van der Waals surface area contributed by atoms with Gasteiger partial charge in [0.25, 0.3) is 0 Å². The molecule has 6 aromatic carbocycles. The summed E-state index contributed by atoms with van der Waals surface area (Å²) in [5.74, 6) is -0.971. The van der Waals surface area contributed by atoms with Gasteiger partial charge in [-0.05, 0) is 88.3 Å². The number of carbonyl (C=O) groups is 1. The monoisotopic (exact) mass is 850 g/mol. The fraction of sp³-hybridized carbons (Fsp3) is 0.152. The maximum atomic E-state index is 14.1. The first-order chi connectivity index (χ1) is 27.9. The van der Waals surface area contributed by atoms with E-state index in [2.05, 4.69) is 33.6 Å². The summed E-state index contributed by atoms with van der Waals surface area (Å²) in [7, 11) is -6.30. The lowest BCUT2D eigenvalue weighted by Gasteiger charge is -2.25. The van der Waals surface area contributed by atoms with Crippen LogP contribution in [0.15, 0.2) is 157 Å². The SMILES string of the molecule is COC(=O)c1cccc(-c2ccc(S(=O)(=O)CCc3c(CCNS(=O)(=O)Cc4ccccc4Cl)n(C(c4ccccc4)c4ccccc4)c4ccc(Cl)cc34)cc2)c1. The van der Waals surface area contributed by atoms with Crippen LogP contribution in [-0.4, -0.2) is 46.8 Å². The number of aromatic nitrogens is 1. The molecule has 1 N–H and O–H groups in total. The number of esters is 1. The summed E-state index contributed by atoms with van der Waals surface area (Å²) in [5, 5.41) is 1.64. The molecular weight excluding hydrogens is 812 g/mol. The number of sulfone groups is 1. The first-order valence-corrected chi connectivity index (χ1v) is 22.6. The third-order valence-electron chi connectivity index (χ3n) is 10.1. The van der Waals surface area contributed by atoms with Crippen LogP contribution in [-0.2, 0) is 43.2 Å². The Bertz CT molecular complexity index is 2750. The molecule has 1 heterocycles. The molecule has 296 valence electrons. The first-order valence-electron chi connectivity index (χ1n) is 18.6. The van der Waals surface area contributed by atoms with Crippen LogP contribution in [0, 0.1) is 0 Å². The van der Waals surface area contributed by atoms with Gasteiger partial charge < -0.3 is 9.30 Å². The summed E-state index contributed by atoms with van der Waals surface area (Å²) in [6.07, 6.45) is 0.381. The van der Waals surface area contributed by atoms with Crippen LogP contribution >= 0.6 is 23.2 Å². The van der Waals surface area contributed by atoms with Crippen molar-refractivity contribution in [2.24, 2.45) is 0 Å². The predicted molar refractivity (Wildman–Crippen MR) is 232 cm³/mol. The van der Waals surface area contributed by atoms with E-state index in [-0.39, 0.29) is 41.8 Å². The van der Waals surface area contributed by atoms with Crippen LogP contribution in [0.25, 0.3) is 22.0 Å². The van der Waals surface area contributed by atoms with E-state index in [0.717, 1.165) is 44.4 Å². The number of nitrogens with one attached hydrogen (secondary N) is 1. The molecule has 0 unspecified atom stereocenters. The number of hydrogen-bond donors (Lipinski definition) is 1. The summed E-state index contributed by atoms with van der Waals surface area (Å²) >= 11 is 13.0. The molecule has 0 aliphatic carbocycles. The molecule has 0 saturated heterocycles. The highest BCUT2D eigenvalue weighted by Gasteiger charge is 2.27. The molecule has 0 aliphatic heterocycles. The number of halogens is 2. The van der Waals surface area contributed by atoms with E-state index in [1.807, 2.05) is 60.7 Å². The molecule has 0 radical (unpaired) electrons. The van der Waals surface area contributed by atoms with Crippen molar-refractivity contribution in [2.75, 3.05) is 19.4 Å². The van der Waals surface area contributed by atoms with E-state index in [1.54, 1.807) is 66.7 Å². The zero-order valence-electron chi connectivity index (χ0n) is 31.5. The molecule has 1 aromatic heterocycles. The molecule has 0 amide bonds. The van der Waals surface area contributed by atoms with Crippen molar-refractivity contribution >= 4 is 59.9 Å². The van der Waals surface area contributed by atoms with E-state index in [4.69, 9.17) is 27.9 Å². The van der Waals surface area contributed by atoms with Crippen LogP contribution in [0.4, 0.5) is 0 Å². The van der Waals surface area contributed by atoms with Crippen molar-refractivity contribution in [3.8, 4) is 11.1 Å². The summed E-state index contributed by atoms with van der Waals surface area (Å²) in [5.41, 5.74) is 6.75. The lowest BCUT2D eigenvalue weighted by Crippen LogP contribution is -2.28. The molecule has 8 nitrogen and oxygen atoms in total. The average molecular weight is 852 g/mol. The number of sulfonamides is 1.